The Morgan fingerprint density at radius 3 is 2.03 bits per heavy atom. The highest BCUT2D eigenvalue weighted by atomic mass is 35.5. The topological polar surface area (TPSA) is 70.2 Å². The van der Waals surface area contributed by atoms with Crippen LogP contribution in [0.4, 0.5) is 0 Å². The van der Waals surface area contributed by atoms with Crippen LogP contribution in [0.2, 0.25) is 5.02 Å². The van der Waals surface area contributed by atoms with Crippen LogP contribution < -0.4 is 0 Å². The van der Waals surface area contributed by atoms with Crippen molar-refractivity contribution in [2.75, 3.05) is 12.9 Å². The predicted octanol–water partition coefficient (Wildman–Crippen LogP) is 6.90. The number of hydrogen-bond acceptors (Lipinski definition) is 3. The molecule has 3 aromatic carbocycles. The predicted molar refractivity (Wildman–Crippen MR) is 144 cm³/mol. The number of nitrogens with one attached hydrogen (secondary N) is 1. The lowest BCUT2D eigenvalue weighted by Crippen LogP contribution is -2.18. The molecule has 0 spiro atoms. The lowest BCUT2D eigenvalue weighted by Gasteiger charge is -2.26. The van der Waals surface area contributed by atoms with Crippen LogP contribution in [0.25, 0.3) is 33.2 Å². The molecule has 182 valence electrons. The maximum atomic E-state index is 11.7. The number of halogens is 1. The number of H-pyrrole nitrogens is 1. The number of benzene rings is 3. The van der Waals surface area contributed by atoms with Crippen molar-refractivity contribution in [3.05, 3.63) is 77.4 Å². The number of aliphatic hydroxyl groups is 1. The van der Waals surface area contributed by atoms with Gasteiger partial charge in [0.05, 0.1) is 9.92 Å². The van der Waals surface area contributed by atoms with E-state index in [2.05, 4.69) is 29.2 Å². The van der Waals surface area contributed by atoms with Gasteiger partial charge in [0.2, 0.25) is 0 Å². The zero-order chi connectivity index (χ0) is 24.6. The first-order chi connectivity index (χ1) is 16.8. The van der Waals surface area contributed by atoms with Crippen molar-refractivity contribution >= 4 is 32.3 Å². The summed E-state index contributed by atoms with van der Waals surface area (Å²) >= 11 is 6.69. The minimum absolute atomic E-state index is 0.316. The summed E-state index contributed by atoms with van der Waals surface area (Å²) in [6.07, 6.45) is 6.84. The van der Waals surface area contributed by atoms with Gasteiger partial charge in [0.15, 0.2) is 9.84 Å². The van der Waals surface area contributed by atoms with Crippen LogP contribution in [0.1, 0.15) is 31.4 Å². The first-order valence-corrected chi connectivity index (χ1v) is 14.4. The Balaban J connectivity index is 1.35. The molecule has 1 aliphatic carbocycles. The molecule has 0 radical (unpaired) electrons. The largest absolute Gasteiger partial charge is 0.396 e. The van der Waals surface area contributed by atoms with E-state index in [4.69, 9.17) is 11.6 Å². The molecule has 1 heterocycles. The number of aromatic amines is 1. The normalized spacial score (nSPS) is 18.7. The van der Waals surface area contributed by atoms with Crippen LogP contribution in [0, 0.1) is 11.8 Å². The van der Waals surface area contributed by atoms with Crippen molar-refractivity contribution in [2.24, 2.45) is 11.8 Å². The van der Waals surface area contributed by atoms with Crippen LogP contribution >= 0.6 is 11.6 Å². The van der Waals surface area contributed by atoms with E-state index in [0.717, 1.165) is 52.4 Å². The standard InChI is InChI=1S/C29H30ClNO3S/c1-35(33,34)26-12-10-22(11-13-26)21-6-8-23(9-7-21)27-16-24-15-25(31-29(24)17-28(27)30)14-19-2-4-20(18-32)5-3-19/h6-13,15-17,19-20,31-32H,2-5,14,18H2,1H3. The lowest BCUT2D eigenvalue weighted by atomic mass is 9.80. The SMILES string of the molecule is CS(=O)(=O)c1ccc(-c2ccc(-c3cc4cc(CC5CCC(CO)CC5)[nH]c4cc3Cl)cc2)cc1. The molecule has 4 nitrogen and oxygen atoms in total. The highest BCUT2D eigenvalue weighted by Gasteiger charge is 2.21. The smallest absolute Gasteiger partial charge is 0.175 e. The Labute approximate surface area is 211 Å². The third-order valence-corrected chi connectivity index (χ3v) is 8.75. The number of hydrogen-bond donors (Lipinski definition) is 2. The molecule has 2 N–H and O–H groups in total. The molecule has 0 aliphatic heterocycles. The number of fused-ring (bicyclic) bond motifs is 1. The summed E-state index contributed by atoms with van der Waals surface area (Å²) in [5, 5.41) is 11.2. The van der Waals surface area contributed by atoms with Crippen molar-refractivity contribution in [1.29, 1.82) is 0 Å². The average molecular weight is 508 g/mol. The third kappa shape index (κ3) is 5.32. The van der Waals surface area contributed by atoms with Gasteiger partial charge in [-0.15, -0.1) is 0 Å². The highest BCUT2D eigenvalue weighted by molar-refractivity contribution is 7.90. The highest BCUT2D eigenvalue weighted by Crippen LogP contribution is 2.35. The Morgan fingerprint density at radius 1 is 0.857 bits per heavy atom. The van der Waals surface area contributed by atoms with Crippen molar-refractivity contribution in [3.8, 4) is 22.3 Å². The van der Waals surface area contributed by atoms with E-state index >= 15 is 0 Å². The molecule has 5 rings (SSSR count). The van der Waals surface area contributed by atoms with Crippen LogP contribution in [0.3, 0.4) is 0 Å². The van der Waals surface area contributed by atoms with Crippen LogP contribution in [-0.4, -0.2) is 31.4 Å². The van der Waals surface area contributed by atoms with Gasteiger partial charge in [0, 0.05) is 35.0 Å². The molecule has 1 aliphatic rings. The molecule has 6 heteroatoms. The van der Waals surface area contributed by atoms with Gasteiger partial charge in [-0.1, -0.05) is 48.0 Å². The van der Waals surface area contributed by atoms with E-state index in [-0.39, 0.29) is 0 Å². The van der Waals surface area contributed by atoms with E-state index in [9.17, 15) is 13.5 Å². The first-order valence-electron chi connectivity index (χ1n) is 12.1. The Bertz CT molecular complexity index is 1430. The first kappa shape index (κ1) is 24.1. The minimum Gasteiger partial charge on any atom is -0.396 e. The molecule has 0 saturated heterocycles. The fourth-order valence-corrected chi connectivity index (χ4v) is 6.11. The Hall–Kier alpha value is -2.60. The van der Waals surface area contributed by atoms with E-state index in [1.807, 2.05) is 30.3 Å². The summed E-state index contributed by atoms with van der Waals surface area (Å²) in [6, 6.07) is 21.5. The summed E-state index contributed by atoms with van der Waals surface area (Å²) in [7, 11) is -3.20. The van der Waals surface area contributed by atoms with Crippen molar-refractivity contribution in [1.82, 2.24) is 4.98 Å². The number of aromatic nitrogens is 1. The minimum atomic E-state index is -3.20. The summed E-state index contributed by atoms with van der Waals surface area (Å²) < 4.78 is 23.4. The maximum absolute atomic E-state index is 11.7. The van der Waals surface area contributed by atoms with Gasteiger partial charge in [-0.2, -0.15) is 0 Å². The molecule has 1 aromatic heterocycles. The molecule has 1 fully saturated rings. The molecule has 1 saturated carbocycles. The van der Waals surface area contributed by atoms with Crippen LogP contribution in [0.15, 0.2) is 71.6 Å². The summed E-state index contributed by atoms with van der Waals surface area (Å²) in [5.41, 5.74) is 6.32. The summed E-state index contributed by atoms with van der Waals surface area (Å²) in [6.45, 7) is 0.316. The van der Waals surface area contributed by atoms with Gasteiger partial charge in [0.25, 0.3) is 0 Å². The number of sulfone groups is 1. The molecule has 0 amide bonds. The average Bonchev–Trinajstić information content (AvgIpc) is 3.24. The maximum Gasteiger partial charge on any atom is 0.175 e. The van der Waals surface area contributed by atoms with E-state index in [0.29, 0.717) is 28.4 Å². The molecule has 0 unspecified atom stereocenters. The summed E-state index contributed by atoms with van der Waals surface area (Å²) in [5.74, 6) is 1.15. The monoisotopic (exact) mass is 507 g/mol. The van der Waals surface area contributed by atoms with Crippen LogP contribution in [-0.2, 0) is 16.3 Å². The lowest BCUT2D eigenvalue weighted by molar-refractivity contribution is 0.167. The fraction of sp³-hybridized carbons (Fsp3) is 0.310. The molecule has 4 aromatic rings. The number of rotatable bonds is 6. The zero-order valence-corrected chi connectivity index (χ0v) is 21.4. The second-order valence-corrected chi connectivity index (χ2v) is 12.3. The molecule has 0 bridgehead atoms. The van der Waals surface area contributed by atoms with E-state index in [1.54, 1.807) is 12.1 Å². The third-order valence-electron chi connectivity index (χ3n) is 7.31. The molecular formula is C29H30ClNO3S. The van der Waals surface area contributed by atoms with Gasteiger partial charge in [-0.3, -0.25) is 0 Å². The molecule has 0 atom stereocenters. The Morgan fingerprint density at radius 2 is 1.43 bits per heavy atom. The fourth-order valence-electron chi connectivity index (χ4n) is 5.21. The van der Waals surface area contributed by atoms with Crippen molar-refractivity contribution < 1.29 is 13.5 Å². The van der Waals surface area contributed by atoms with E-state index in [1.165, 1.54) is 24.8 Å². The number of aliphatic hydroxyl groups excluding tert-OH is 1. The van der Waals surface area contributed by atoms with Gasteiger partial charge >= 0.3 is 0 Å². The molecule has 35 heavy (non-hydrogen) atoms. The van der Waals surface area contributed by atoms with Crippen molar-refractivity contribution in [3.63, 3.8) is 0 Å². The summed E-state index contributed by atoms with van der Waals surface area (Å²) in [4.78, 5) is 3.88. The Kier molecular flexibility index (Phi) is 6.75. The second kappa shape index (κ2) is 9.81. The van der Waals surface area contributed by atoms with Gasteiger partial charge in [0.1, 0.15) is 0 Å². The van der Waals surface area contributed by atoms with Crippen LogP contribution in [0.5, 0.6) is 0 Å². The van der Waals surface area contributed by atoms with E-state index < -0.39 is 9.84 Å². The second-order valence-electron chi connectivity index (χ2n) is 9.86. The molecular weight excluding hydrogens is 478 g/mol. The quantitative estimate of drug-likeness (QED) is 0.298. The van der Waals surface area contributed by atoms with Gasteiger partial charge in [-0.05, 0) is 91.0 Å². The van der Waals surface area contributed by atoms with Gasteiger partial charge < -0.3 is 10.1 Å². The van der Waals surface area contributed by atoms with Gasteiger partial charge in [-0.25, -0.2) is 8.42 Å². The zero-order valence-electron chi connectivity index (χ0n) is 19.8. The van der Waals surface area contributed by atoms with Crippen molar-refractivity contribution in [2.45, 2.75) is 37.0 Å².